The number of piperidine rings is 1. The van der Waals surface area contributed by atoms with Crippen LogP contribution in [0.1, 0.15) is 42.1 Å². The highest BCUT2D eigenvalue weighted by atomic mass is 32.2. The second-order valence-electron chi connectivity index (χ2n) is 8.26. The summed E-state index contributed by atoms with van der Waals surface area (Å²) in [6.45, 7) is 2.58. The predicted octanol–water partition coefficient (Wildman–Crippen LogP) is 2.88. The maximum Gasteiger partial charge on any atom is 0.298 e. The van der Waals surface area contributed by atoms with Gasteiger partial charge in [-0.05, 0) is 37.3 Å². The summed E-state index contributed by atoms with van der Waals surface area (Å²) in [5.41, 5.74) is 0.934. The lowest BCUT2D eigenvalue weighted by Crippen LogP contribution is -2.51. The topological polar surface area (TPSA) is 88.4 Å². The largest absolute Gasteiger partial charge is 0.382 e. The van der Waals surface area contributed by atoms with E-state index in [4.69, 9.17) is 4.84 Å². The SMILES string of the molecule is CC1=NOC(C(=O)N=S2(=O)CC3CC(CN(C(=O)c4ccc(C(F)F)cc4)C3)C2)C1. The Hall–Kier alpha value is -2.36. The molecule has 162 valence electrons. The fraction of sp³-hybridized carbons (Fsp3) is 0.550. The average Bonchev–Trinajstić information content (AvgIpc) is 3.13. The number of alkyl halides is 2. The number of nitrogens with zero attached hydrogens (tertiary/aromatic N) is 3. The number of oxime groups is 1. The maximum atomic E-state index is 13.3. The Balaban J connectivity index is 1.43. The van der Waals surface area contributed by atoms with Crippen molar-refractivity contribution in [3.05, 3.63) is 35.4 Å². The Labute approximate surface area is 173 Å². The van der Waals surface area contributed by atoms with Crippen LogP contribution in [0.5, 0.6) is 0 Å². The van der Waals surface area contributed by atoms with Gasteiger partial charge in [-0.1, -0.05) is 17.3 Å². The predicted molar refractivity (Wildman–Crippen MR) is 107 cm³/mol. The van der Waals surface area contributed by atoms with Crippen LogP contribution in [-0.4, -0.2) is 57.3 Å². The number of fused-ring (bicyclic) bond motifs is 2. The summed E-state index contributed by atoms with van der Waals surface area (Å²) in [4.78, 5) is 31.9. The Morgan fingerprint density at radius 1 is 1.20 bits per heavy atom. The molecule has 0 radical (unpaired) electrons. The van der Waals surface area contributed by atoms with Gasteiger partial charge in [0.2, 0.25) is 6.10 Å². The van der Waals surface area contributed by atoms with Crippen molar-refractivity contribution in [2.45, 2.75) is 32.3 Å². The molecule has 10 heteroatoms. The van der Waals surface area contributed by atoms with Crippen molar-refractivity contribution in [2.75, 3.05) is 24.6 Å². The van der Waals surface area contributed by atoms with Crippen LogP contribution in [-0.2, 0) is 19.4 Å². The van der Waals surface area contributed by atoms with E-state index in [0.717, 1.165) is 6.42 Å². The first-order valence-corrected chi connectivity index (χ1v) is 11.7. The molecule has 0 spiro atoms. The molecule has 3 atom stereocenters. The minimum atomic E-state index is -2.71. The van der Waals surface area contributed by atoms with Gasteiger partial charge in [-0.15, -0.1) is 0 Å². The van der Waals surface area contributed by atoms with Gasteiger partial charge in [-0.3, -0.25) is 9.59 Å². The molecule has 3 aliphatic rings. The van der Waals surface area contributed by atoms with E-state index in [1.54, 1.807) is 11.8 Å². The molecule has 2 fully saturated rings. The van der Waals surface area contributed by atoms with Crippen LogP contribution in [0, 0.1) is 11.8 Å². The normalized spacial score (nSPS) is 30.6. The maximum absolute atomic E-state index is 13.3. The molecule has 2 saturated heterocycles. The summed E-state index contributed by atoms with van der Waals surface area (Å²) in [5.74, 6) is -0.278. The van der Waals surface area contributed by atoms with Crippen molar-refractivity contribution in [3.8, 4) is 0 Å². The molecule has 3 heterocycles. The van der Waals surface area contributed by atoms with Crippen molar-refractivity contribution in [3.63, 3.8) is 0 Å². The third-order valence-corrected chi connectivity index (χ3v) is 8.16. The minimum Gasteiger partial charge on any atom is -0.382 e. The first-order valence-electron chi connectivity index (χ1n) is 9.85. The van der Waals surface area contributed by atoms with E-state index in [1.165, 1.54) is 24.3 Å². The van der Waals surface area contributed by atoms with Crippen LogP contribution in [0.2, 0.25) is 0 Å². The summed E-state index contributed by atoms with van der Waals surface area (Å²) in [7, 11) is -2.71. The van der Waals surface area contributed by atoms with E-state index in [-0.39, 0.29) is 34.8 Å². The van der Waals surface area contributed by atoms with Gasteiger partial charge >= 0.3 is 0 Å². The summed E-state index contributed by atoms with van der Waals surface area (Å²) >= 11 is 0. The summed E-state index contributed by atoms with van der Waals surface area (Å²) in [6, 6.07) is 5.35. The Bertz CT molecular complexity index is 982. The number of likely N-dealkylation sites (tertiary alicyclic amines) is 1. The summed E-state index contributed by atoms with van der Waals surface area (Å²) in [5, 5.41) is 3.74. The number of amides is 2. The lowest BCUT2D eigenvalue weighted by Gasteiger charge is -2.42. The molecule has 4 rings (SSSR count). The number of hydrogen-bond acceptors (Lipinski definition) is 5. The lowest BCUT2D eigenvalue weighted by molar-refractivity contribution is -0.127. The van der Waals surface area contributed by atoms with Crippen LogP contribution >= 0.6 is 0 Å². The molecule has 30 heavy (non-hydrogen) atoms. The van der Waals surface area contributed by atoms with Crippen molar-refractivity contribution in [1.29, 1.82) is 0 Å². The van der Waals surface area contributed by atoms with Crippen molar-refractivity contribution in [2.24, 2.45) is 21.4 Å². The molecule has 7 nitrogen and oxygen atoms in total. The van der Waals surface area contributed by atoms with E-state index < -0.39 is 28.2 Å². The molecule has 3 aliphatic heterocycles. The van der Waals surface area contributed by atoms with Gasteiger partial charge in [-0.25, -0.2) is 13.0 Å². The molecule has 0 N–H and O–H groups in total. The smallest absolute Gasteiger partial charge is 0.298 e. The van der Waals surface area contributed by atoms with Gasteiger partial charge in [0.1, 0.15) is 0 Å². The number of hydrogen-bond donors (Lipinski definition) is 0. The third-order valence-electron chi connectivity index (χ3n) is 5.66. The molecule has 1 aromatic carbocycles. The highest BCUT2D eigenvalue weighted by Crippen LogP contribution is 2.32. The Morgan fingerprint density at radius 2 is 1.83 bits per heavy atom. The standard InChI is InChI=1S/C20H23F2N3O4S/c1-12-6-17(29-23-12)19(26)24-30(28)10-13-7-14(11-30)9-25(8-13)20(27)16-4-2-15(3-5-16)18(21)22/h2-5,13-14,17-18H,6-11H2,1H3. The first kappa shape index (κ1) is 20.9. The van der Waals surface area contributed by atoms with Gasteiger partial charge in [-0.2, -0.15) is 4.36 Å². The van der Waals surface area contributed by atoms with E-state index in [2.05, 4.69) is 9.52 Å². The molecule has 1 aromatic rings. The number of rotatable bonds is 3. The van der Waals surface area contributed by atoms with E-state index in [9.17, 15) is 22.6 Å². The van der Waals surface area contributed by atoms with Crippen LogP contribution < -0.4 is 0 Å². The fourth-order valence-corrected chi connectivity index (χ4v) is 7.10. The highest BCUT2D eigenvalue weighted by Gasteiger charge is 2.39. The molecule has 0 saturated carbocycles. The number of carbonyl (C=O) groups excluding carboxylic acids is 2. The van der Waals surface area contributed by atoms with E-state index in [0.29, 0.717) is 30.8 Å². The summed E-state index contributed by atoms with van der Waals surface area (Å²) in [6.07, 6.45) is -2.18. The van der Waals surface area contributed by atoms with Gasteiger partial charge in [0.15, 0.2) is 0 Å². The van der Waals surface area contributed by atoms with Crippen LogP contribution in [0.3, 0.4) is 0 Å². The fourth-order valence-electron chi connectivity index (χ4n) is 4.41. The molecule has 2 amide bonds. The van der Waals surface area contributed by atoms with Gasteiger partial charge in [0.25, 0.3) is 18.2 Å². The molecular weight excluding hydrogens is 416 g/mol. The molecule has 0 aliphatic carbocycles. The van der Waals surface area contributed by atoms with Gasteiger partial charge in [0.05, 0.1) is 15.4 Å². The van der Waals surface area contributed by atoms with Gasteiger partial charge < -0.3 is 9.74 Å². The Morgan fingerprint density at radius 3 is 2.37 bits per heavy atom. The zero-order chi connectivity index (χ0) is 21.5. The molecule has 2 bridgehead atoms. The molecule has 0 aromatic heterocycles. The van der Waals surface area contributed by atoms with Crippen LogP contribution in [0.4, 0.5) is 8.78 Å². The highest BCUT2D eigenvalue weighted by molar-refractivity contribution is 7.93. The molecule has 3 unspecified atom stereocenters. The number of carbonyl (C=O) groups is 2. The second-order valence-corrected chi connectivity index (χ2v) is 10.7. The zero-order valence-corrected chi connectivity index (χ0v) is 17.3. The third kappa shape index (κ3) is 4.38. The van der Waals surface area contributed by atoms with Crippen molar-refractivity contribution < 1.29 is 27.4 Å². The van der Waals surface area contributed by atoms with Gasteiger partial charge in [0, 0.05) is 42.1 Å². The monoisotopic (exact) mass is 439 g/mol. The van der Waals surface area contributed by atoms with E-state index in [1.807, 2.05) is 0 Å². The van der Waals surface area contributed by atoms with E-state index >= 15 is 0 Å². The van der Waals surface area contributed by atoms with Crippen molar-refractivity contribution >= 4 is 27.3 Å². The quantitative estimate of drug-likeness (QED) is 0.725. The summed E-state index contributed by atoms with van der Waals surface area (Å²) < 4.78 is 42.7. The first-order chi connectivity index (χ1) is 14.2. The Kier molecular flexibility index (Phi) is 5.61. The lowest BCUT2D eigenvalue weighted by atomic mass is 9.90. The molecular formula is C20H23F2N3O4S. The zero-order valence-electron chi connectivity index (χ0n) is 16.5. The van der Waals surface area contributed by atoms with Crippen LogP contribution in [0.15, 0.2) is 33.8 Å². The van der Waals surface area contributed by atoms with Crippen LogP contribution in [0.25, 0.3) is 0 Å². The number of halogens is 2. The number of benzene rings is 1. The average molecular weight is 439 g/mol. The second kappa shape index (κ2) is 8.05. The van der Waals surface area contributed by atoms with Crippen molar-refractivity contribution in [1.82, 2.24) is 4.90 Å². The minimum absolute atomic E-state index is 0.0201.